The van der Waals surface area contributed by atoms with Gasteiger partial charge in [-0.2, -0.15) is 5.10 Å². The zero-order valence-electron chi connectivity index (χ0n) is 8.74. The number of hydrogen-bond donors (Lipinski definition) is 1. The van der Waals surface area contributed by atoms with Gasteiger partial charge in [0, 0.05) is 18.6 Å². The molecular formula is C11H8N4O2. The van der Waals surface area contributed by atoms with Crippen LogP contribution in [0.15, 0.2) is 24.8 Å². The lowest BCUT2D eigenvalue weighted by Gasteiger charge is -1.95. The lowest BCUT2D eigenvalue weighted by Crippen LogP contribution is -1.97. The van der Waals surface area contributed by atoms with Crippen LogP contribution in [0.5, 0.6) is 0 Å². The third kappa shape index (κ3) is 2.13. The van der Waals surface area contributed by atoms with Gasteiger partial charge in [-0.15, -0.1) is 6.42 Å². The average Bonchev–Trinajstić information content (AvgIpc) is 2.75. The maximum atomic E-state index is 11.1. The first-order valence-corrected chi connectivity index (χ1v) is 4.73. The van der Waals surface area contributed by atoms with E-state index in [1.54, 1.807) is 0 Å². The average molecular weight is 228 g/mol. The lowest BCUT2D eigenvalue weighted by molar-refractivity contribution is 0.0697. The minimum absolute atomic E-state index is 0.0563. The van der Waals surface area contributed by atoms with Crippen LogP contribution in [-0.4, -0.2) is 30.8 Å². The van der Waals surface area contributed by atoms with E-state index in [1.807, 2.05) is 0 Å². The Morgan fingerprint density at radius 2 is 2.35 bits per heavy atom. The Balaban J connectivity index is 2.53. The van der Waals surface area contributed by atoms with E-state index in [0.29, 0.717) is 5.69 Å². The molecule has 0 fully saturated rings. The zero-order chi connectivity index (χ0) is 12.3. The Kier molecular flexibility index (Phi) is 2.83. The van der Waals surface area contributed by atoms with Crippen molar-refractivity contribution in [2.24, 2.45) is 0 Å². The van der Waals surface area contributed by atoms with Crippen molar-refractivity contribution in [3.63, 3.8) is 0 Å². The van der Waals surface area contributed by atoms with Crippen LogP contribution in [0, 0.1) is 12.3 Å². The summed E-state index contributed by atoms with van der Waals surface area (Å²) in [5, 5.41) is 13.1. The van der Waals surface area contributed by atoms with Crippen LogP contribution >= 0.6 is 0 Å². The van der Waals surface area contributed by atoms with Crippen LogP contribution in [0.1, 0.15) is 10.4 Å². The second-order valence-corrected chi connectivity index (χ2v) is 3.19. The molecule has 17 heavy (non-hydrogen) atoms. The van der Waals surface area contributed by atoms with Gasteiger partial charge in [0.05, 0.1) is 6.20 Å². The van der Waals surface area contributed by atoms with Crippen LogP contribution in [0.2, 0.25) is 0 Å². The summed E-state index contributed by atoms with van der Waals surface area (Å²) in [5.41, 5.74) is 0.724. The van der Waals surface area contributed by atoms with Crippen molar-refractivity contribution in [2.75, 3.05) is 0 Å². The molecular weight excluding hydrogens is 220 g/mol. The molecule has 1 N–H and O–H groups in total. The van der Waals surface area contributed by atoms with Crippen molar-refractivity contribution in [1.29, 1.82) is 0 Å². The van der Waals surface area contributed by atoms with Gasteiger partial charge in [-0.25, -0.2) is 4.79 Å². The molecule has 0 amide bonds. The Morgan fingerprint density at radius 1 is 1.53 bits per heavy atom. The summed E-state index contributed by atoms with van der Waals surface area (Å²) in [6, 6.07) is 0. The molecule has 6 heteroatoms. The topological polar surface area (TPSA) is 80.9 Å². The van der Waals surface area contributed by atoms with E-state index >= 15 is 0 Å². The molecule has 0 bridgehead atoms. The maximum absolute atomic E-state index is 11.1. The third-order valence-corrected chi connectivity index (χ3v) is 2.05. The molecule has 0 aromatic carbocycles. The summed E-state index contributed by atoms with van der Waals surface area (Å²) >= 11 is 0. The summed E-state index contributed by atoms with van der Waals surface area (Å²) in [7, 11) is 0. The first-order chi connectivity index (χ1) is 8.22. The van der Waals surface area contributed by atoms with Crippen LogP contribution in [0.3, 0.4) is 0 Å². The molecule has 2 rings (SSSR count). The van der Waals surface area contributed by atoms with Crippen LogP contribution in [0.25, 0.3) is 11.4 Å². The number of aromatic carboxylic acids is 1. The smallest absolute Gasteiger partial charge is 0.339 e. The number of hydrogen-bond acceptors (Lipinski definition) is 4. The van der Waals surface area contributed by atoms with E-state index in [-0.39, 0.29) is 17.8 Å². The molecule has 0 radical (unpaired) electrons. The molecule has 0 aliphatic rings. The molecule has 2 aromatic rings. The molecule has 0 saturated carbocycles. The quantitative estimate of drug-likeness (QED) is 0.781. The van der Waals surface area contributed by atoms with Gasteiger partial charge in [-0.1, -0.05) is 5.92 Å². The van der Waals surface area contributed by atoms with Crippen molar-refractivity contribution in [1.82, 2.24) is 19.7 Å². The predicted octanol–water partition coefficient (Wildman–Crippen LogP) is 0.671. The number of carboxylic acids is 1. The fourth-order valence-electron chi connectivity index (χ4n) is 1.36. The first-order valence-electron chi connectivity index (χ1n) is 4.73. The van der Waals surface area contributed by atoms with Gasteiger partial charge in [0.15, 0.2) is 0 Å². The van der Waals surface area contributed by atoms with Gasteiger partial charge in [-0.3, -0.25) is 14.6 Å². The second kappa shape index (κ2) is 4.45. The molecule has 0 unspecified atom stereocenters. The fourth-order valence-corrected chi connectivity index (χ4v) is 1.36. The van der Waals surface area contributed by atoms with E-state index in [4.69, 9.17) is 11.5 Å². The van der Waals surface area contributed by atoms with Crippen molar-refractivity contribution < 1.29 is 9.90 Å². The van der Waals surface area contributed by atoms with E-state index in [2.05, 4.69) is 21.0 Å². The molecule has 0 atom stereocenters. The normalized spacial score (nSPS) is 9.82. The molecule has 2 aromatic heterocycles. The van der Waals surface area contributed by atoms with Gasteiger partial charge < -0.3 is 5.11 Å². The van der Waals surface area contributed by atoms with Gasteiger partial charge >= 0.3 is 5.97 Å². The highest BCUT2D eigenvalue weighted by atomic mass is 16.4. The number of carbonyl (C=O) groups is 1. The van der Waals surface area contributed by atoms with Crippen molar-refractivity contribution in [3.05, 3.63) is 30.4 Å². The molecule has 84 valence electrons. The van der Waals surface area contributed by atoms with Crippen LogP contribution in [0.4, 0.5) is 0 Å². The SMILES string of the molecule is C#CCn1cc(C(=O)O)c(-c2cnccn2)n1. The van der Waals surface area contributed by atoms with E-state index < -0.39 is 5.97 Å². The second-order valence-electron chi connectivity index (χ2n) is 3.19. The molecule has 0 aliphatic carbocycles. The molecule has 0 spiro atoms. The molecule has 0 aliphatic heterocycles. The Hall–Kier alpha value is -2.68. The summed E-state index contributed by atoms with van der Waals surface area (Å²) in [6.45, 7) is 0.209. The Labute approximate surface area is 96.9 Å². The maximum Gasteiger partial charge on any atom is 0.339 e. The predicted molar refractivity (Wildman–Crippen MR) is 59.0 cm³/mol. The third-order valence-electron chi connectivity index (χ3n) is 2.05. The highest BCUT2D eigenvalue weighted by Gasteiger charge is 2.17. The van der Waals surface area contributed by atoms with Gasteiger partial charge in [0.25, 0.3) is 0 Å². The number of carboxylic acid groups (broad SMARTS) is 1. The van der Waals surface area contributed by atoms with E-state index in [9.17, 15) is 4.79 Å². The summed E-state index contributed by atoms with van der Waals surface area (Å²) in [5.74, 6) is 1.31. The van der Waals surface area contributed by atoms with Crippen molar-refractivity contribution in [2.45, 2.75) is 6.54 Å². The fraction of sp³-hybridized carbons (Fsp3) is 0.0909. The van der Waals surface area contributed by atoms with E-state index in [0.717, 1.165) is 0 Å². The number of aromatic nitrogens is 4. The lowest BCUT2D eigenvalue weighted by atomic mass is 10.2. The molecule has 2 heterocycles. The van der Waals surface area contributed by atoms with E-state index in [1.165, 1.54) is 29.5 Å². The Bertz CT molecular complexity index is 583. The number of rotatable bonds is 3. The highest BCUT2D eigenvalue weighted by Crippen LogP contribution is 2.18. The first kappa shape index (κ1) is 10.8. The molecule has 0 saturated heterocycles. The van der Waals surface area contributed by atoms with Crippen LogP contribution < -0.4 is 0 Å². The minimum Gasteiger partial charge on any atom is -0.478 e. The molecule has 6 nitrogen and oxygen atoms in total. The van der Waals surface area contributed by atoms with Crippen LogP contribution in [-0.2, 0) is 6.54 Å². The standard InChI is InChI=1S/C11H8N4O2/c1-2-5-15-7-8(11(16)17)10(14-15)9-6-12-3-4-13-9/h1,3-4,6-7H,5H2,(H,16,17). The largest absolute Gasteiger partial charge is 0.478 e. The minimum atomic E-state index is -1.08. The monoisotopic (exact) mass is 228 g/mol. The van der Waals surface area contributed by atoms with Crippen molar-refractivity contribution >= 4 is 5.97 Å². The van der Waals surface area contributed by atoms with Gasteiger partial charge in [0.2, 0.25) is 0 Å². The zero-order valence-corrected chi connectivity index (χ0v) is 8.74. The van der Waals surface area contributed by atoms with Gasteiger partial charge in [-0.05, 0) is 0 Å². The summed E-state index contributed by atoms with van der Waals surface area (Å²) < 4.78 is 1.38. The Morgan fingerprint density at radius 3 is 2.94 bits per heavy atom. The highest BCUT2D eigenvalue weighted by molar-refractivity contribution is 5.93. The number of nitrogens with zero attached hydrogens (tertiary/aromatic N) is 4. The van der Waals surface area contributed by atoms with Gasteiger partial charge in [0.1, 0.15) is 23.5 Å². The summed E-state index contributed by atoms with van der Waals surface area (Å²) in [6.07, 6.45) is 11.0. The summed E-state index contributed by atoms with van der Waals surface area (Å²) in [4.78, 5) is 18.9. The van der Waals surface area contributed by atoms with Crippen molar-refractivity contribution in [3.8, 4) is 23.7 Å². The number of terminal acetylenes is 1.